The van der Waals surface area contributed by atoms with Gasteiger partial charge in [-0.15, -0.1) is 0 Å². The predicted octanol–water partition coefficient (Wildman–Crippen LogP) is -3.31. The standard InChI is InChI=1S/C2H3O2.ClH.Mg.H3N/c1-2(3)4;;;/h1H2,(H,3,4);1H;;1H3/q-1;;+2;/p-1. The second-order valence-corrected chi connectivity index (χ2v) is 0.394. The van der Waals surface area contributed by atoms with E-state index in [0.29, 0.717) is 0 Å². The zero-order valence-corrected chi connectivity index (χ0v) is 6.02. The summed E-state index contributed by atoms with van der Waals surface area (Å²) < 4.78 is 0. The van der Waals surface area contributed by atoms with Crippen LogP contribution in [0.15, 0.2) is 0 Å². The van der Waals surface area contributed by atoms with E-state index in [1.54, 1.807) is 0 Å². The van der Waals surface area contributed by atoms with Crippen molar-refractivity contribution in [3.8, 4) is 0 Å². The summed E-state index contributed by atoms with van der Waals surface area (Å²) in [5, 5.41) is 7.31. The third-order valence-electron chi connectivity index (χ3n) is 0. The number of carbonyl (C=O) groups is 1. The maximum atomic E-state index is 8.89. The number of rotatable bonds is 0. The average Bonchev–Trinajstić information content (AvgIpc) is 0.811. The fourth-order valence-electron chi connectivity index (χ4n) is 0. The molecular weight excluding hydrogens is 130 g/mol. The molecule has 5 heteroatoms. The van der Waals surface area contributed by atoms with Gasteiger partial charge in [0.05, 0.1) is 0 Å². The van der Waals surface area contributed by atoms with Crippen LogP contribution in [0.3, 0.4) is 0 Å². The molecule has 0 aromatic carbocycles. The molecule has 0 fully saturated rings. The predicted molar refractivity (Wildman–Crippen MR) is 23.8 cm³/mol. The van der Waals surface area contributed by atoms with Crippen molar-refractivity contribution in [3.05, 3.63) is 6.92 Å². The van der Waals surface area contributed by atoms with Gasteiger partial charge in [0.2, 0.25) is 0 Å². The first-order valence-electron chi connectivity index (χ1n) is 0.781. The summed E-state index contributed by atoms with van der Waals surface area (Å²) in [5.74, 6) is -1.08. The maximum Gasteiger partial charge on any atom is 2.00 e. The number of aliphatic carboxylic acids is 1. The molecule has 0 aliphatic carbocycles. The molecule has 40 valence electrons. The van der Waals surface area contributed by atoms with E-state index in [-0.39, 0.29) is 41.6 Å². The number of carboxylic acids is 1. The van der Waals surface area contributed by atoms with Gasteiger partial charge < -0.3 is 23.7 Å². The van der Waals surface area contributed by atoms with Gasteiger partial charge in [0.25, 0.3) is 0 Å². The molecule has 0 bridgehead atoms. The van der Waals surface area contributed by atoms with Crippen LogP contribution in [0.5, 0.6) is 0 Å². The molecule has 3 nitrogen and oxygen atoms in total. The molecule has 0 aliphatic heterocycles. The molecule has 0 aliphatic rings. The van der Waals surface area contributed by atoms with Gasteiger partial charge in [-0.1, -0.05) is 0 Å². The SMILES string of the molecule is N.[CH2-]C(=O)O.[Cl-].[Mg+2]. The van der Waals surface area contributed by atoms with Crippen LogP contribution in [-0.2, 0) is 4.79 Å². The summed E-state index contributed by atoms with van der Waals surface area (Å²) >= 11 is 0. The Labute approximate surface area is 64.6 Å². The first kappa shape index (κ1) is 26.4. The monoisotopic (exact) mass is 135 g/mol. The van der Waals surface area contributed by atoms with Crippen LogP contribution in [0.2, 0.25) is 0 Å². The summed E-state index contributed by atoms with van der Waals surface area (Å²) in [6.07, 6.45) is 0. The van der Waals surface area contributed by atoms with Crippen LogP contribution >= 0.6 is 0 Å². The van der Waals surface area contributed by atoms with E-state index < -0.39 is 5.97 Å². The molecule has 4 N–H and O–H groups in total. The fourth-order valence-corrected chi connectivity index (χ4v) is 0. The molecule has 0 spiro atoms. The first-order chi connectivity index (χ1) is 1.73. The Morgan fingerprint density at radius 3 is 1.57 bits per heavy atom. The Hall–Kier alpha value is 0.356. The Kier molecular flexibility index (Phi) is 61.0. The molecule has 0 heterocycles. The topological polar surface area (TPSA) is 72.3 Å². The van der Waals surface area contributed by atoms with E-state index in [4.69, 9.17) is 9.90 Å². The third kappa shape index (κ3) is 950. The number of hydrogen-bond donors (Lipinski definition) is 2. The van der Waals surface area contributed by atoms with Gasteiger partial charge in [-0.25, -0.2) is 0 Å². The fraction of sp³-hybridized carbons (Fsp3) is 0. The normalized spacial score (nSPS) is 3.43. The van der Waals surface area contributed by atoms with Crippen molar-refractivity contribution in [2.45, 2.75) is 0 Å². The van der Waals surface area contributed by atoms with Crippen LogP contribution in [0.1, 0.15) is 0 Å². The molecule has 0 amide bonds. The van der Waals surface area contributed by atoms with Gasteiger partial charge in [-0.2, -0.15) is 0 Å². The summed E-state index contributed by atoms with van der Waals surface area (Å²) in [5.41, 5.74) is 0. The minimum atomic E-state index is -1.08. The number of hydrogen-bond acceptors (Lipinski definition) is 2. The van der Waals surface area contributed by atoms with Gasteiger partial charge in [0.1, 0.15) is 0 Å². The first-order valence-corrected chi connectivity index (χ1v) is 0.781. The second kappa shape index (κ2) is 16.2. The van der Waals surface area contributed by atoms with Gasteiger partial charge >= 0.3 is 23.1 Å². The van der Waals surface area contributed by atoms with Crippen molar-refractivity contribution < 1.29 is 22.3 Å². The van der Waals surface area contributed by atoms with E-state index in [1.807, 2.05) is 0 Å². The zero-order chi connectivity index (χ0) is 3.58. The van der Waals surface area contributed by atoms with Gasteiger partial charge in [0, 0.05) is 0 Å². The second-order valence-electron chi connectivity index (χ2n) is 0.394. The number of halogens is 1. The van der Waals surface area contributed by atoms with Crippen LogP contribution < -0.4 is 18.6 Å². The average molecular weight is 136 g/mol. The smallest absolute Gasteiger partial charge is 1.00 e. The largest absolute Gasteiger partial charge is 2.00 e. The van der Waals surface area contributed by atoms with Gasteiger partial charge in [-0.3, -0.25) is 11.7 Å². The van der Waals surface area contributed by atoms with E-state index in [9.17, 15) is 0 Å². The van der Waals surface area contributed by atoms with Crippen molar-refractivity contribution in [2.75, 3.05) is 0 Å². The van der Waals surface area contributed by atoms with Crippen molar-refractivity contribution in [1.82, 2.24) is 6.15 Å². The third-order valence-corrected chi connectivity index (χ3v) is 0. The summed E-state index contributed by atoms with van der Waals surface area (Å²) in [6, 6.07) is 0. The molecule has 0 unspecified atom stereocenters. The zero-order valence-electron chi connectivity index (χ0n) is 3.85. The van der Waals surface area contributed by atoms with Gasteiger partial charge in [-0.05, 0) is 0 Å². The molecule has 0 saturated carbocycles. The minimum Gasteiger partial charge on any atom is -1.00 e. The number of carboxylic acid groups (broad SMARTS) is 1. The van der Waals surface area contributed by atoms with Crippen molar-refractivity contribution in [2.24, 2.45) is 0 Å². The molecule has 0 radical (unpaired) electrons. The maximum absolute atomic E-state index is 8.89. The van der Waals surface area contributed by atoms with Crippen molar-refractivity contribution >= 4 is 29.0 Å². The van der Waals surface area contributed by atoms with E-state index in [1.165, 1.54) is 0 Å². The van der Waals surface area contributed by atoms with E-state index in [2.05, 4.69) is 6.92 Å². The molecule has 0 aromatic rings. The van der Waals surface area contributed by atoms with E-state index >= 15 is 0 Å². The Morgan fingerprint density at radius 1 is 1.57 bits per heavy atom. The van der Waals surface area contributed by atoms with Crippen LogP contribution in [0.25, 0.3) is 0 Å². The van der Waals surface area contributed by atoms with Crippen molar-refractivity contribution in [1.29, 1.82) is 0 Å². The van der Waals surface area contributed by atoms with Crippen LogP contribution in [0.4, 0.5) is 0 Å². The Balaban J connectivity index is -0.0000000150. The molecule has 0 aromatic heterocycles. The molecule has 0 rings (SSSR count). The molecule has 0 atom stereocenters. The summed E-state index contributed by atoms with van der Waals surface area (Å²) in [4.78, 5) is 8.89. The Morgan fingerprint density at radius 2 is 1.57 bits per heavy atom. The molecular formula is C2H6ClMgNO2. The summed E-state index contributed by atoms with van der Waals surface area (Å²) in [6.45, 7) is 2.56. The quantitative estimate of drug-likeness (QED) is 0.270. The summed E-state index contributed by atoms with van der Waals surface area (Å²) in [7, 11) is 0. The van der Waals surface area contributed by atoms with Crippen molar-refractivity contribution in [3.63, 3.8) is 0 Å². The molecule has 7 heavy (non-hydrogen) atoms. The van der Waals surface area contributed by atoms with Crippen LogP contribution in [0, 0.1) is 6.92 Å². The Bertz CT molecular complexity index is 38.7. The minimum absolute atomic E-state index is 0. The van der Waals surface area contributed by atoms with Gasteiger partial charge in [0.15, 0.2) is 5.97 Å². The van der Waals surface area contributed by atoms with Crippen LogP contribution in [-0.4, -0.2) is 34.1 Å². The molecule has 0 saturated heterocycles. The van der Waals surface area contributed by atoms with E-state index in [0.717, 1.165) is 0 Å².